The predicted molar refractivity (Wildman–Crippen MR) is 131 cm³/mol. The second kappa shape index (κ2) is 9.47. The van der Waals surface area contributed by atoms with Gasteiger partial charge in [-0.1, -0.05) is 32.4 Å². The topological polar surface area (TPSA) is 159 Å². The number of ether oxygens (including phenoxy) is 1. The van der Waals surface area contributed by atoms with Crippen LogP contribution in [0.5, 0.6) is 0 Å². The molecule has 0 spiro atoms. The standard InChI is InChI=1S/C24H32O6.C3H4N2O2/c1-13-9-16-17-6-8-24(29,20(28)12-30-14(2)25)23(17,4)11-19(27)21(16)22(3)7-5-15(26)10-18(13)22;6-2-1-4-3(7)5-2/h5,7,10,13,16-17,19,21,27,29H,6,8-9,11-12H2,1-4H3;1H2,(H2,4,5,6,7)/t13-,16-,17-,19-,21+,22-,23-,24-;/m0./s1. The fourth-order valence-electron chi connectivity index (χ4n) is 7.87. The van der Waals surface area contributed by atoms with E-state index in [2.05, 4.69) is 19.2 Å². The van der Waals surface area contributed by atoms with Crippen LogP contribution >= 0.6 is 0 Å². The Morgan fingerprint density at radius 3 is 2.49 bits per heavy atom. The molecule has 5 rings (SSSR count). The van der Waals surface area contributed by atoms with E-state index in [1.54, 1.807) is 12.2 Å². The van der Waals surface area contributed by atoms with Crippen LogP contribution in [0.1, 0.15) is 53.4 Å². The lowest BCUT2D eigenvalue weighted by Crippen LogP contribution is -2.62. The van der Waals surface area contributed by atoms with E-state index < -0.39 is 46.9 Å². The van der Waals surface area contributed by atoms with Crippen molar-refractivity contribution in [3.8, 4) is 0 Å². The number of hydrogen-bond donors (Lipinski definition) is 4. The van der Waals surface area contributed by atoms with Crippen LogP contribution in [0.15, 0.2) is 23.8 Å². The molecule has 10 heteroatoms. The van der Waals surface area contributed by atoms with Gasteiger partial charge in [-0.05, 0) is 55.6 Å². The third-order valence-electron chi connectivity index (χ3n) is 9.50. The Bertz CT molecular complexity index is 1080. The summed E-state index contributed by atoms with van der Waals surface area (Å²) in [4.78, 5) is 56.2. The minimum Gasteiger partial charge on any atom is -0.458 e. The SMILES string of the molecule is CC(=O)OCC(=O)[C@@]1(O)CC[C@H]2[C@@H]3C[C@H](C)C4=CC(=O)C=C[C@]4(C)[C@H]3[C@@H](O)C[C@@]21C.O=C1CNC(=O)N1. The smallest absolute Gasteiger partial charge is 0.321 e. The van der Waals surface area contributed by atoms with Crippen LogP contribution in [0, 0.1) is 34.5 Å². The molecule has 0 unspecified atom stereocenters. The number of Topliss-reactive ketones (excluding diaryl/α,β-unsaturated/α-hetero) is 1. The highest BCUT2D eigenvalue weighted by Gasteiger charge is 2.68. The lowest BCUT2D eigenvalue weighted by atomic mass is 9.45. The van der Waals surface area contributed by atoms with Gasteiger partial charge in [0.1, 0.15) is 5.60 Å². The van der Waals surface area contributed by atoms with E-state index in [9.17, 15) is 34.2 Å². The van der Waals surface area contributed by atoms with Crippen LogP contribution in [0.25, 0.3) is 0 Å². The number of fused-ring (bicyclic) bond motifs is 5. The monoisotopic (exact) mass is 516 g/mol. The molecule has 0 aromatic rings. The Morgan fingerprint density at radius 2 is 1.92 bits per heavy atom. The van der Waals surface area contributed by atoms with Crippen molar-refractivity contribution in [2.45, 2.75) is 65.1 Å². The molecular formula is C27H36N2O8. The van der Waals surface area contributed by atoms with Crippen molar-refractivity contribution in [2.24, 2.45) is 34.5 Å². The van der Waals surface area contributed by atoms with Crippen LogP contribution in [-0.2, 0) is 23.9 Å². The number of amides is 3. The van der Waals surface area contributed by atoms with E-state index in [4.69, 9.17) is 4.74 Å². The minimum absolute atomic E-state index is 0.00535. The van der Waals surface area contributed by atoms with Crippen LogP contribution < -0.4 is 10.6 Å². The third-order valence-corrected chi connectivity index (χ3v) is 9.50. The van der Waals surface area contributed by atoms with E-state index >= 15 is 0 Å². The van der Waals surface area contributed by atoms with Gasteiger partial charge < -0.3 is 20.3 Å². The molecule has 1 saturated heterocycles. The number of nitrogens with one attached hydrogen (secondary N) is 2. The number of rotatable bonds is 3. The number of esters is 1. The second-order valence-corrected chi connectivity index (χ2v) is 11.6. The Morgan fingerprint density at radius 1 is 1.22 bits per heavy atom. The lowest BCUT2D eigenvalue weighted by Gasteiger charge is -2.60. The van der Waals surface area contributed by atoms with Crippen molar-refractivity contribution in [1.82, 2.24) is 10.6 Å². The molecule has 202 valence electrons. The molecular weight excluding hydrogens is 480 g/mol. The van der Waals surface area contributed by atoms with Gasteiger partial charge in [-0.3, -0.25) is 24.5 Å². The summed E-state index contributed by atoms with van der Waals surface area (Å²) in [6.45, 7) is 7.06. The molecule has 1 aliphatic heterocycles. The second-order valence-electron chi connectivity index (χ2n) is 11.6. The van der Waals surface area contributed by atoms with Gasteiger partial charge in [0.05, 0.1) is 12.6 Å². The Labute approximate surface area is 215 Å². The molecule has 1 heterocycles. The lowest BCUT2D eigenvalue weighted by molar-refractivity contribution is -0.182. The Kier molecular flexibility index (Phi) is 6.96. The van der Waals surface area contributed by atoms with Gasteiger partial charge in [0.2, 0.25) is 11.7 Å². The van der Waals surface area contributed by atoms with E-state index in [-0.39, 0.29) is 41.9 Å². The summed E-state index contributed by atoms with van der Waals surface area (Å²) in [5.74, 6) is -0.972. The summed E-state index contributed by atoms with van der Waals surface area (Å²) < 4.78 is 4.89. The average Bonchev–Trinajstić information content (AvgIpc) is 3.32. The summed E-state index contributed by atoms with van der Waals surface area (Å²) in [6, 6.07) is -0.398. The number of ketones is 2. The first-order chi connectivity index (χ1) is 17.2. The van der Waals surface area contributed by atoms with Crippen molar-refractivity contribution in [1.29, 1.82) is 0 Å². The van der Waals surface area contributed by atoms with Crippen molar-refractivity contribution < 1.29 is 38.9 Å². The molecule has 0 aromatic heterocycles. The van der Waals surface area contributed by atoms with Crippen molar-refractivity contribution in [2.75, 3.05) is 13.2 Å². The van der Waals surface area contributed by atoms with E-state index in [1.165, 1.54) is 6.92 Å². The molecule has 4 fully saturated rings. The molecule has 0 radical (unpaired) electrons. The molecule has 0 aromatic carbocycles. The number of urea groups is 1. The molecule has 4 N–H and O–H groups in total. The van der Waals surface area contributed by atoms with E-state index in [0.717, 1.165) is 12.0 Å². The number of imide groups is 1. The molecule has 5 aliphatic rings. The maximum Gasteiger partial charge on any atom is 0.321 e. The van der Waals surface area contributed by atoms with Gasteiger partial charge in [0, 0.05) is 23.7 Å². The Balaban J connectivity index is 0.000000396. The summed E-state index contributed by atoms with van der Waals surface area (Å²) in [7, 11) is 0. The maximum atomic E-state index is 12.9. The first kappa shape index (κ1) is 27.2. The van der Waals surface area contributed by atoms with Crippen LogP contribution in [0.4, 0.5) is 4.79 Å². The van der Waals surface area contributed by atoms with E-state index in [1.807, 2.05) is 18.3 Å². The predicted octanol–water partition coefficient (Wildman–Crippen LogP) is 1.20. The first-order valence-corrected chi connectivity index (χ1v) is 12.8. The quantitative estimate of drug-likeness (QED) is 0.322. The highest BCUT2D eigenvalue weighted by Crippen LogP contribution is 2.67. The van der Waals surface area contributed by atoms with Gasteiger partial charge in [0.15, 0.2) is 12.4 Å². The normalized spacial score (nSPS) is 41.7. The summed E-state index contributed by atoms with van der Waals surface area (Å²) in [6.07, 6.45) is 6.71. The zero-order chi connectivity index (χ0) is 27.3. The molecule has 37 heavy (non-hydrogen) atoms. The summed E-state index contributed by atoms with van der Waals surface area (Å²) in [5, 5.41) is 27.2. The number of allylic oxidation sites excluding steroid dienone is 4. The number of aliphatic hydroxyl groups is 2. The molecule has 4 aliphatic carbocycles. The molecule has 8 atom stereocenters. The van der Waals surface area contributed by atoms with Crippen molar-refractivity contribution in [3.05, 3.63) is 23.8 Å². The summed E-state index contributed by atoms with van der Waals surface area (Å²) >= 11 is 0. The van der Waals surface area contributed by atoms with Crippen LogP contribution in [0.3, 0.4) is 0 Å². The average molecular weight is 517 g/mol. The number of aliphatic hydroxyl groups excluding tert-OH is 1. The van der Waals surface area contributed by atoms with Crippen LogP contribution in [0.2, 0.25) is 0 Å². The molecule has 3 saturated carbocycles. The molecule has 10 nitrogen and oxygen atoms in total. The van der Waals surface area contributed by atoms with Gasteiger partial charge in [-0.2, -0.15) is 0 Å². The minimum atomic E-state index is -1.61. The van der Waals surface area contributed by atoms with Gasteiger partial charge in [-0.25, -0.2) is 4.79 Å². The maximum absolute atomic E-state index is 12.9. The third kappa shape index (κ3) is 4.44. The van der Waals surface area contributed by atoms with E-state index in [0.29, 0.717) is 19.3 Å². The largest absolute Gasteiger partial charge is 0.458 e. The van der Waals surface area contributed by atoms with Gasteiger partial charge >= 0.3 is 12.0 Å². The molecule has 3 amide bonds. The zero-order valence-corrected chi connectivity index (χ0v) is 21.7. The Hall–Kier alpha value is -2.85. The number of carbonyl (C=O) groups excluding carboxylic acids is 5. The van der Waals surface area contributed by atoms with Crippen molar-refractivity contribution in [3.63, 3.8) is 0 Å². The van der Waals surface area contributed by atoms with Gasteiger partial charge in [0.25, 0.3) is 0 Å². The first-order valence-electron chi connectivity index (χ1n) is 12.8. The number of hydrogen-bond acceptors (Lipinski definition) is 8. The van der Waals surface area contributed by atoms with Gasteiger partial charge in [-0.15, -0.1) is 0 Å². The number of carbonyl (C=O) groups is 5. The van der Waals surface area contributed by atoms with Crippen molar-refractivity contribution >= 4 is 29.5 Å². The highest BCUT2D eigenvalue weighted by atomic mass is 16.5. The molecule has 0 bridgehead atoms. The fraction of sp³-hybridized carbons (Fsp3) is 0.667. The van der Waals surface area contributed by atoms with Crippen LogP contribution in [-0.4, -0.2) is 64.5 Å². The summed E-state index contributed by atoms with van der Waals surface area (Å²) in [5.41, 5.74) is -1.72. The highest BCUT2D eigenvalue weighted by molar-refractivity contribution is 6.02. The zero-order valence-electron chi connectivity index (χ0n) is 21.7. The fourth-order valence-corrected chi connectivity index (χ4v) is 7.87.